The zero-order valence-corrected chi connectivity index (χ0v) is 11.5. The lowest BCUT2D eigenvalue weighted by atomic mass is 10.3. The fourth-order valence-electron chi connectivity index (χ4n) is 2.55. The van der Waals surface area contributed by atoms with Crippen LogP contribution in [-0.2, 0) is 20.3 Å². The SMILES string of the molecule is C[C@H]1OCC[C@H]1S(=O)(=O)Cc1cn2ccccc2n1. The molecule has 1 aliphatic heterocycles. The van der Waals surface area contributed by atoms with E-state index >= 15 is 0 Å². The molecule has 0 N–H and O–H groups in total. The van der Waals surface area contributed by atoms with E-state index < -0.39 is 15.1 Å². The average Bonchev–Trinajstić information content (AvgIpc) is 2.93. The number of hydrogen-bond acceptors (Lipinski definition) is 4. The Balaban J connectivity index is 1.87. The van der Waals surface area contributed by atoms with E-state index in [1.165, 1.54) is 0 Å². The predicted octanol–water partition coefficient (Wildman–Crippen LogP) is 1.43. The minimum Gasteiger partial charge on any atom is -0.377 e. The third-order valence-electron chi connectivity index (χ3n) is 3.53. The molecule has 2 aromatic rings. The molecule has 6 heteroatoms. The molecule has 102 valence electrons. The smallest absolute Gasteiger partial charge is 0.161 e. The maximum atomic E-state index is 12.4. The van der Waals surface area contributed by atoms with Crippen LogP contribution in [-0.4, -0.2) is 35.8 Å². The van der Waals surface area contributed by atoms with Crippen LogP contribution in [0.3, 0.4) is 0 Å². The number of sulfone groups is 1. The van der Waals surface area contributed by atoms with Gasteiger partial charge in [0.05, 0.1) is 22.8 Å². The first-order valence-electron chi connectivity index (χ1n) is 6.32. The molecule has 0 radical (unpaired) electrons. The standard InChI is InChI=1S/C13H16N2O3S/c1-10-12(5-7-18-10)19(16,17)9-11-8-15-6-3-2-4-13(15)14-11/h2-4,6,8,10,12H,5,7,9H2,1H3/t10-,12-/m1/s1. The molecule has 19 heavy (non-hydrogen) atoms. The molecular formula is C13H16N2O3S. The van der Waals surface area contributed by atoms with Crippen molar-refractivity contribution in [2.45, 2.75) is 30.5 Å². The zero-order chi connectivity index (χ0) is 13.5. The molecule has 0 aromatic carbocycles. The monoisotopic (exact) mass is 280 g/mol. The van der Waals surface area contributed by atoms with Gasteiger partial charge < -0.3 is 9.14 Å². The summed E-state index contributed by atoms with van der Waals surface area (Å²) in [6.45, 7) is 2.34. The number of ether oxygens (including phenoxy) is 1. The topological polar surface area (TPSA) is 60.7 Å². The number of hydrogen-bond donors (Lipinski definition) is 0. The van der Waals surface area contributed by atoms with Crippen LogP contribution in [0.2, 0.25) is 0 Å². The van der Waals surface area contributed by atoms with Crippen LogP contribution in [0.4, 0.5) is 0 Å². The lowest BCUT2D eigenvalue weighted by Gasteiger charge is -2.13. The van der Waals surface area contributed by atoms with Gasteiger partial charge in [0.2, 0.25) is 0 Å². The Hall–Kier alpha value is -1.40. The lowest BCUT2D eigenvalue weighted by molar-refractivity contribution is 0.126. The fraction of sp³-hybridized carbons (Fsp3) is 0.462. The van der Waals surface area contributed by atoms with Crippen molar-refractivity contribution in [2.75, 3.05) is 6.61 Å². The van der Waals surface area contributed by atoms with E-state index in [4.69, 9.17) is 4.74 Å². The molecule has 0 saturated carbocycles. The maximum absolute atomic E-state index is 12.4. The molecule has 2 atom stereocenters. The molecule has 3 heterocycles. The zero-order valence-electron chi connectivity index (χ0n) is 10.7. The lowest BCUT2D eigenvalue weighted by Crippen LogP contribution is -2.29. The highest BCUT2D eigenvalue weighted by atomic mass is 32.2. The summed E-state index contributed by atoms with van der Waals surface area (Å²) in [5, 5.41) is -0.405. The van der Waals surface area contributed by atoms with Gasteiger partial charge in [-0.2, -0.15) is 0 Å². The van der Waals surface area contributed by atoms with Crippen molar-refractivity contribution in [1.29, 1.82) is 0 Å². The third-order valence-corrected chi connectivity index (χ3v) is 5.77. The molecule has 0 amide bonds. The van der Waals surface area contributed by atoms with Crippen LogP contribution in [0, 0.1) is 0 Å². The first kappa shape index (κ1) is 12.6. The van der Waals surface area contributed by atoms with E-state index in [1.54, 1.807) is 6.20 Å². The van der Waals surface area contributed by atoms with Crippen molar-refractivity contribution in [2.24, 2.45) is 0 Å². The molecular weight excluding hydrogens is 264 g/mol. The van der Waals surface area contributed by atoms with E-state index in [2.05, 4.69) is 4.98 Å². The van der Waals surface area contributed by atoms with Crippen molar-refractivity contribution in [1.82, 2.24) is 9.38 Å². The minimum atomic E-state index is -3.21. The van der Waals surface area contributed by atoms with Crippen molar-refractivity contribution < 1.29 is 13.2 Å². The second-order valence-corrected chi connectivity index (χ2v) is 7.13. The van der Waals surface area contributed by atoms with Crippen LogP contribution >= 0.6 is 0 Å². The first-order chi connectivity index (χ1) is 9.06. The van der Waals surface area contributed by atoms with Crippen molar-refractivity contribution >= 4 is 15.5 Å². The van der Waals surface area contributed by atoms with Gasteiger partial charge in [-0.1, -0.05) is 6.07 Å². The molecule has 1 fully saturated rings. The van der Waals surface area contributed by atoms with Gasteiger partial charge in [0, 0.05) is 19.0 Å². The molecule has 1 saturated heterocycles. The molecule has 2 aromatic heterocycles. The van der Waals surface area contributed by atoms with E-state index in [9.17, 15) is 8.42 Å². The summed E-state index contributed by atoms with van der Waals surface area (Å²) in [5.74, 6) is -0.0208. The molecule has 0 spiro atoms. The highest BCUT2D eigenvalue weighted by Gasteiger charge is 2.36. The number of aromatic nitrogens is 2. The van der Waals surface area contributed by atoms with Crippen LogP contribution in [0.1, 0.15) is 19.0 Å². The highest BCUT2D eigenvalue weighted by Crippen LogP contribution is 2.23. The Bertz CT molecular complexity index is 660. The summed E-state index contributed by atoms with van der Waals surface area (Å²) in [6, 6.07) is 5.63. The molecule has 0 bridgehead atoms. The van der Waals surface area contributed by atoms with E-state index in [0.29, 0.717) is 18.7 Å². The van der Waals surface area contributed by atoms with Gasteiger partial charge in [0.15, 0.2) is 9.84 Å². The Morgan fingerprint density at radius 2 is 2.32 bits per heavy atom. The molecule has 0 unspecified atom stereocenters. The largest absolute Gasteiger partial charge is 0.377 e. The summed E-state index contributed by atoms with van der Waals surface area (Å²) < 4.78 is 31.9. The van der Waals surface area contributed by atoms with E-state index in [-0.39, 0.29) is 11.9 Å². The predicted molar refractivity (Wildman–Crippen MR) is 71.6 cm³/mol. The van der Waals surface area contributed by atoms with Crippen LogP contribution < -0.4 is 0 Å². The summed E-state index contributed by atoms with van der Waals surface area (Å²) in [5.41, 5.74) is 1.36. The third kappa shape index (κ3) is 2.37. The van der Waals surface area contributed by atoms with Gasteiger partial charge in [-0.15, -0.1) is 0 Å². The Labute approximate surface area is 112 Å². The van der Waals surface area contributed by atoms with Crippen molar-refractivity contribution in [3.63, 3.8) is 0 Å². The maximum Gasteiger partial charge on any atom is 0.161 e. The second kappa shape index (κ2) is 4.61. The first-order valence-corrected chi connectivity index (χ1v) is 8.03. The Morgan fingerprint density at radius 1 is 1.47 bits per heavy atom. The van der Waals surface area contributed by atoms with Gasteiger partial charge in [0.25, 0.3) is 0 Å². The van der Waals surface area contributed by atoms with Crippen LogP contribution in [0.15, 0.2) is 30.6 Å². The molecule has 5 nitrogen and oxygen atoms in total. The summed E-state index contributed by atoms with van der Waals surface area (Å²) in [6.07, 6.45) is 3.99. The molecule has 3 rings (SSSR count). The molecule has 0 aliphatic carbocycles. The Kier molecular flexibility index (Phi) is 3.06. The number of pyridine rings is 1. The van der Waals surface area contributed by atoms with Gasteiger partial charge in [-0.25, -0.2) is 13.4 Å². The minimum absolute atomic E-state index is 0.0208. The highest BCUT2D eigenvalue weighted by molar-refractivity contribution is 7.91. The van der Waals surface area contributed by atoms with Crippen molar-refractivity contribution in [3.05, 3.63) is 36.3 Å². The normalized spacial score (nSPS) is 24.1. The number of nitrogens with zero attached hydrogens (tertiary/aromatic N) is 2. The van der Waals surface area contributed by atoms with E-state index in [1.807, 2.05) is 35.7 Å². The summed E-state index contributed by atoms with van der Waals surface area (Å²) >= 11 is 0. The summed E-state index contributed by atoms with van der Waals surface area (Å²) in [7, 11) is -3.21. The van der Waals surface area contributed by atoms with Gasteiger partial charge in [0.1, 0.15) is 5.65 Å². The van der Waals surface area contributed by atoms with Gasteiger partial charge >= 0.3 is 0 Å². The number of rotatable bonds is 3. The van der Waals surface area contributed by atoms with Crippen molar-refractivity contribution in [3.8, 4) is 0 Å². The quantitative estimate of drug-likeness (QED) is 0.853. The Morgan fingerprint density at radius 3 is 3.00 bits per heavy atom. The van der Waals surface area contributed by atoms with Crippen LogP contribution in [0.5, 0.6) is 0 Å². The van der Waals surface area contributed by atoms with E-state index in [0.717, 1.165) is 5.65 Å². The second-order valence-electron chi connectivity index (χ2n) is 4.91. The van der Waals surface area contributed by atoms with Gasteiger partial charge in [-0.3, -0.25) is 0 Å². The fourth-order valence-corrected chi connectivity index (χ4v) is 4.44. The average molecular weight is 280 g/mol. The molecule has 1 aliphatic rings. The number of imidazole rings is 1. The summed E-state index contributed by atoms with van der Waals surface area (Å²) in [4.78, 5) is 4.34. The number of fused-ring (bicyclic) bond motifs is 1. The van der Waals surface area contributed by atoms with Gasteiger partial charge in [-0.05, 0) is 25.5 Å². The van der Waals surface area contributed by atoms with Crippen LogP contribution in [0.25, 0.3) is 5.65 Å².